The molecule has 2 aromatic carbocycles. The predicted octanol–water partition coefficient (Wildman–Crippen LogP) is 2.88. The van der Waals surface area contributed by atoms with Gasteiger partial charge in [-0.2, -0.15) is 0 Å². The second-order valence-electron chi connectivity index (χ2n) is 13.8. The van der Waals surface area contributed by atoms with Gasteiger partial charge in [0.1, 0.15) is 16.8 Å². The van der Waals surface area contributed by atoms with E-state index in [2.05, 4.69) is 10.6 Å². The second kappa shape index (κ2) is 18.6. The highest BCUT2D eigenvalue weighted by Crippen LogP contribution is 2.38. The van der Waals surface area contributed by atoms with Crippen LogP contribution in [0.4, 0.5) is 9.59 Å². The predicted molar refractivity (Wildman–Crippen MR) is 200 cm³/mol. The van der Waals surface area contributed by atoms with Crippen molar-refractivity contribution in [2.45, 2.75) is 66.5 Å². The Hall–Kier alpha value is -4.10. The summed E-state index contributed by atoms with van der Waals surface area (Å²) in [4.78, 5) is 49.7. The van der Waals surface area contributed by atoms with Gasteiger partial charge in [-0.3, -0.25) is 14.4 Å². The van der Waals surface area contributed by atoms with E-state index in [-0.39, 0.29) is 43.2 Å². The van der Waals surface area contributed by atoms with Crippen LogP contribution >= 0.6 is 11.6 Å². The molecule has 0 aromatic heterocycles. The molecule has 14 heteroatoms. The van der Waals surface area contributed by atoms with Crippen LogP contribution in [0.1, 0.15) is 58.4 Å². The smallest absolute Gasteiger partial charge is 0.414 e. The fourth-order valence-electron chi connectivity index (χ4n) is 6.24. The molecule has 0 fully saturated rings. The van der Waals surface area contributed by atoms with Crippen molar-refractivity contribution in [3.05, 3.63) is 80.3 Å². The number of nitrogens with zero attached hydrogens (tertiary/aromatic N) is 2. The summed E-state index contributed by atoms with van der Waals surface area (Å²) in [5.74, 6) is -0.166. The molecule has 2 aromatic rings. The number of carbonyl (C=O) groups is 4. The lowest BCUT2D eigenvalue weighted by atomic mass is 9.91. The van der Waals surface area contributed by atoms with Crippen LogP contribution < -0.4 is 23.0 Å². The lowest BCUT2D eigenvalue weighted by molar-refractivity contribution is -0.117. The first-order valence-corrected chi connectivity index (χ1v) is 16.7. The van der Waals surface area contributed by atoms with Crippen molar-refractivity contribution in [1.82, 2.24) is 20.4 Å². The van der Waals surface area contributed by atoms with Crippen LogP contribution in [0.5, 0.6) is 0 Å². The number of aliphatic hydroxyl groups excluding tert-OH is 1. The minimum absolute atomic E-state index is 0. The summed E-state index contributed by atoms with van der Waals surface area (Å²) in [7, 11) is 9.48. The molecule has 2 aliphatic heterocycles. The standard InChI is InChI=1S/C19H26N2O4.C16H21NO3.C3H6ClNO.ClH/c1-11-8-12(2)14(13(3)9-11)15-16(25-18(23)21(5)6)19(4,10-24-7)20-17(15)22;1-9-6-10(2)12(11(3)7-9)13-14(18)16(4,8-20-5)17-15(13)19;1-5(2)3(4)6;/h8-9H,10H2,1-7H3,(H,20,22);6-7,18H,8H2,1-5H3,(H,17,19);1-2H3;1H/p-1. The highest BCUT2D eigenvalue weighted by molar-refractivity contribution is 6.62. The zero-order valence-electron chi connectivity index (χ0n) is 32.7. The van der Waals surface area contributed by atoms with Gasteiger partial charge in [0, 0.05) is 42.4 Å². The van der Waals surface area contributed by atoms with E-state index < -0.39 is 22.5 Å². The van der Waals surface area contributed by atoms with Crippen LogP contribution in [0.15, 0.2) is 35.8 Å². The van der Waals surface area contributed by atoms with Gasteiger partial charge in [-0.1, -0.05) is 35.4 Å². The van der Waals surface area contributed by atoms with Crippen LogP contribution in [0.2, 0.25) is 0 Å². The Morgan fingerprint density at radius 2 is 1.06 bits per heavy atom. The number of ether oxygens (including phenoxy) is 3. The highest BCUT2D eigenvalue weighted by atomic mass is 35.5. The fraction of sp³-hybridized carbons (Fsp3) is 0.474. The maximum Gasteiger partial charge on any atom is 0.414 e. The van der Waals surface area contributed by atoms with Gasteiger partial charge in [0.05, 0.1) is 24.4 Å². The minimum atomic E-state index is -0.906. The number of aliphatic hydroxyl groups is 1. The van der Waals surface area contributed by atoms with Crippen molar-refractivity contribution in [1.29, 1.82) is 0 Å². The normalized spacial score (nSPS) is 19.1. The molecule has 2 atom stereocenters. The molecule has 288 valence electrons. The third-order valence-electron chi connectivity index (χ3n) is 8.35. The van der Waals surface area contributed by atoms with Crippen LogP contribution in [-0.4, -0.2) is 105 Å². The Morgan fingerprint density at radius 1 is 0.712 bits per heavy atom. The molecule has 0 radical (unpaired) electrons. The molecule has 4 rings (SSSR count). The van der Waals surface area contributed by atoms with E-state index in [9.17, 15) is 24.3 Å². The average molecular weight is 765 g/mol. The first-order chi connectivity index (χ1) is 23.5. The Kier molecular flexibility index (Phi) is 16.4. The van der Waals surface area contributed by atoms with E-state index in [1.54, 1.807) is 56.3 Å². The first-order valence-electron chi connectivity index (χ1n) is 16.3. The number of aryl methyl sites for hydroxylation is 6. The number of halogens is 2. The third kappa shape index (κ3) is 10.5. The Labute approximate surface area is 318 Å². The summed E-state index contributed by atoms with van der Waals surface area (Å²) in [6.45, 7) is 15.8. The number of amides is 4. The summed E-state index contributed by atoms with van der Waals surface area (Å²) in [5.41, 5.74) is 6.75. The third-order valence-corrected chi connectivity index (χ3v) is 8.68. The molecule has 3 N–H and O–H groups in total. The molecule has 0 spiro atoms. The molecule has 52 heavy (non-hydrogen) atoms. The maximum absolute atomic E-state index is 12.8. The zero-order valence-corrected chi connectivity index (χ0v) is 34.2. The van der Waals surface area contributed by atoms with Crippen molar-refractivity contribution in [2.24, 2.45) is 0 Å². The molecule has 2 heterocycles. The number of benzene rings is 2. The number of rotatable bonds is 7. The van der Waals surface area contributed by atoms with E-state index in [1.165, 1.54) is 9.80 Å². The minimum Gasteiger partial charge on any atom is -1.00 e. The molecule has 2 unspecified atom stereocenters. The van der Waals surface area contributed by atoms with E-state index in [4.69, 9.17) is 25.8 Å². The largest absolute Gasteiger partial charge is 1.00 e. The highest BCUT2D eigenvalue weighted by Gasteiger charge is 2.46. The van der Waals surface area contributed by atoms with E-state index >= 15 is 0 Å². The molecule has 4 amide bonds. The van der Waals surface area contributed by atoms with Crippen molar-refractivity contribution in [2.75, 3.05) is 55.6 Å². The second-order valence-corrected chi connectivity index (χ2v) is 14.1. The van der Waals surface area contributed by atoms with E-state index in [0.717, 1.165) is 44.5 Å². The molecule has 0 saturated carbocycles. The molecule has 0 saturated heterocycles. The lowest BCUT2D eigenvalue weighted by Crippen LogP contribution is -3.00. The monoisotopic (exact) mass is 763 g/mol. The Morgan fingerprint density at radius 3 is 1.42 bits per heavy atom. The van der Waals surface area contributed by atoms with Gasteiger partial charge >= 0.3 is 11.5 Å². The Balaban J connectivity index is 0.000000449. The molecule has 0 aliphatic carbocycles. The summed E-state index contributed by atoms with van der Waals surface area (Å²) < 4.78 is 16.0. The molecule has 12 nitrogen and oxygen atoms in total. The topological polar surface area (TPSA) is 147 Å². The van der Waals surface area contributed by atoms with Gasteiger partial charge in [-0.05, 0) is 100 Å². The SMILES string of the molecule is CN(C)C(=O)Cl.COCC1(C)NC(=O)C(c2c(C)cc(C)cc2C)=C1O.COCC1(C)NC(=O)C(c2c(C)cc(C)cc2C)=C1OC(=O)N(C)C.[Cl-]. The molecule has 2 aliphatic rings. The van der Waals surface area contributed by atoms with Crippen molar-refractivity contribution in [3.8, 4) is 0 Å². The quantitative estimate of drug-likeness (QED) is 0.289. The van der Waals surface area contributed by atoms with Crippen molar-refractivity contribution in [3.63, 3.8) is 0 Å². The molecule has 0 bridgehead atoms. The van der Waals surface area contributed by atoms with Crippen LogP contribution in [0, 0.1) is 41.5 Å². The maximum atomic E-state index is 12.8. The van der Waals surface area contributed by atoms with Gasteiger partial charge < -0.3 is 52.2 Å². The van der Waals surface area contributed by atoms with Gasteiger partial charge in [0.15, 0.2) is 5.76 Å². The van der Waals surface area contributed by atoms with Gasteiger partial charge in [0.25, 0.3) is 11.8 Å². The fourth-order valence-corrected chi connectivity index (χ4v) is 6.24. The molecular formula is C38H53Cl2N4O8-. The lowest BCUT2D eigenvalue weighted by Gasteiger charge is -2.27. The number of methoxy groups -OCH3 is 2. The molecular weight excluding hydrogens is 711 g/mol. The summed E-state index contributed by atoms with van der Waals surface area (Å²) >= 11 is 4.90. The number of carbonyl (C=O) groups excluding carboxylic acids is 4. The number of hydrogen-bond acceptors (Lipinski definition) is 8. The summed E-state index contributed by atoms with van der Waals surface area (Å²) in [6, 6.07) is 8.06. The average Bonchev–Trinajstić information content (AvgIpc) is 3.35. The van der Waals surface area contributed by atoms with Gasteiger partial charge in [-0.25, -0.2) is 4.79 Å². The van der Waals surface area contributed by atoms with E-state index in [1.807, 2.05) is 65.8 Å². The summed E-state index contributed by atoms with van der Waals surface area (Å²) in [6.07, 6.45) is -0.534. The number of nitrogens with one attached hydrogen (secondary N) is 2. The number of hydrogen-bond donors (Lipinski definition) is 3. The summed E-state index contributed by atoms with van der Waals surface area (Å²) in [5, 5.41) is 15.8. The first kappa shape index (κ1) is 45.9. The van der Waals surface area contributed by atoms with Crippen molar-refractivity contribution < 1.29 is 50.9 Å². The Bertz CT molecular complexity index is 1710. The van der Waals surface area contributed by atoms with Gasteiger partial charge in [-0.15, -0.1) is 0 Å². The van der Waals surface area contributed by atoms with Crippen LogP contribution in [-0.2, 0) is 23.8 Å². The van der Waals surface area contributed by atoms with Gasteiger partial charge in [0.2, 0.25) is 0 Å². The van der Waals surface area contributed by atoms with Crippen LogP contribution in [0.25, 0.3) is 11.1 Å². The zero-order chi connectivity index (χ0) is 39.2. The van der Waals surface area contributed by atoms with Crippen LogP contribution in [0.3, 0.4) is 0 Å². The van der Waals surface area contributed by atoms with Crippen molar-refractivity contribution >= 4 is 46.0 Å². The van der Waals surface area contributed by atoms with E-state index in [0.29, 0.717) is 16.9 Å².